The van der Waals surface area contributed by atoms with Gasteiger partial charge in [-0.2, -0.15) is 8.78 Å². The van der Waals surface area contributed by atoms with Crippen molar-refractivity contribution in [3.63, 3.8) is 0 Å². The molecule has 0 aromatic heterocycles. The quantitative estimate of drug-likeness (QED) is 0.539. The fraction of sp³-hybridized carbons (Fsp3) is 0.222. The lowest BCUT2D eigenvalue weighted by molar-refractivity contribution is -0.119. The standard InChI is InChI=1S/C18H15F4NO5/c1-2-26-14-8-10(6-7-13(14)28-18(21)22)17(25)27-9-15(24)23-16-11(19)4-3-5-12(16)20/h3-8,18H,2,9H2,1H3,(H,23,24). The van der Waals surface area contributed by atoms with E-state index >= 15 is 0 Å². The van der Waals surface area contributed by atoms with Gasteiger partial charge in [-0.3, -0.25) is 4.79 Å². The molecule has 2 rings (SSSR count). The molecule has 0 unspecified atom stereocenters. The van der Waals surface area contributed by atoms with E-state index in [2.05, 4.69) is 4.74 Å². The summed E-state index contributed by atoms with van der Waals surface area (Å²) in [7, 11) is 0. The van der Waals surface area contributed by atoms with Gasteiger partial charge in [0, 0.05) is 0 Å². The molecular weight excluding hydrogens is 386 g/mol. The largest absolute Gasteiger partial charge is 0.490 e. The fourth-order valence-electron chi connectivity index (χ4n) is 2.10. The van der Waals surface area contributed by atoms with Gasteiger partial charge in [-0.15, -0.1) is 0 Å². The van der Waals surface area contributed by atoms with Crippen LogP contribution >= 0.6 is 0 Å². The Morgan fingerprint density at radius 3 is 2.36 bits per heavy atom. The Bertz CT molecular complexity index is 840. The first-order valence-electron chi connectivity index (χ1n) is 7.94. The molecule has 10 heteroatoms. The third-order valence-electron chi connectivity index (χ3n) is 3.26. The maximum Gasteiger partial charge on any atom is 0.387 e. The minimum absolute atomic E-state index is 0.102. The Morgan fingerprint density at radius 2 is 1.75 bits per heavy atom. The van der Waals surface area contributed by atoms with E-state index < -0.39 is 42.4 Å². The lowest BCUT2D eigenvalue weighted by Gasteiger charge is -2.12. The minimum Gasteiger partial charge on any atom is -0.490 e. The van der Waals surface area contributed by atoms with Crippen molar-refractivity contribution in [2.45, 2.75) is 13.5 Å². The van der Waals surface area contributed by atoms with E-state index in [-0.39, 0.29) is 23.7 Å². The molecule has 0 spiro atoms. The molecule has 150 valence electrons. The Balaban J connectivity index is 2.02. The normalized spacial score (nSPS) is 10.5. The first kappa shape index (κ1) is 21.0. The highest BCUT2D eigenvalue weighted by Crippen LogP contribution is 2.30. The number of para-hydroxylation sites is 1. The van der Waals surface area contributed by atoms with Crippen molar-refractivity contribution >= 4 is 17.6 Å². The molecule has 0 aliphatic rings. The predicted octanol–water partition coefficient (Wildman–Crippen LogP) is 3.76. The molecule has 0 saturated heterocycles. The molecule has 1 amide bonds. The van der Waals surface area contributed by atoms with Crippen LogP contribution in [0.1, 0.15) is 17.3 Å². The van der Waals surface area contributed by atoms with Gasteiger partial charge in [-0.25, -0.2) is 13.6 Å². The Labute approximate surface area is 157 Å². The highest BCUT2D eigenvalue weighted by molar-refractivity contribution is 5.95. The van der Waals surface area contributed by atoms with E-state index in [9.17, 15) is 27.2 Å². The van der Waals surface area contributed by atoms with Gasteiger partial charge in [0.15, 0.2) is 18.1 Å². The number of alkyl halides is 2. The van der Waals surface area contributed by atoms with Gasteiger partial charge in [-0.05, 0) is 37.3 Å². The molecular formula is C18H15F4NO5. The second-order valence-corrected chi connectivity index (χ2v) is 5.19. The number of esters is 1. The molecule has 28 heavy (non-hydrogen) atoms. The second kappa shape index (κ2) is 9.58. The van der Waals surface area contributed by atoms with Crippen LogP contribution in [0.4, 0.5) is 23.2 Å². The third-order valence-corrected chi connectivity index (χ3v) is 3.26. The topological polar surface area (TPSA) is 73.9 Å². The average Bonchev–Trinajstić information content (AvgIpc) is 2.64. The molecule has 0 saturated carbocycles. The first-order chi connectivity index (χ1) is 13.3. The van der Waals surface area contributed by atoms with Gasteiger partial charge in [0.05, 0.1) is 12.2 Å². The molecule has 2 aromatic rings. The molecule has 0 fully saturated rings. The smallest absolute Gasteiger partial charge is 0.387 e. The minimum atomic E-state index is -3.08. The summed E-state index contributed by atoms with van der Waals surface area (Å²) in [5.41, 5.74) is -0.773. The predicted molar refractivity (Wildman–Crippen MR) is 89.5 cm³/mol. The van der Waals surface area contributed by atoms with Crippen LogP contribution in [0.2, 0.25) is 0 Å². The van der Waals surface area contributed by atoms with Crippen molar-refractivity contribution in [1.29, 1.82) is 0 Å². The van der Waals surface area contributed by atoms with E-state index in [4.69, 9.17) is 9.47 Å². The molecule has 2 aromatic carbocycles. The summed E-state index contributed by atoms with van der Waals surface area (Å²) in [6, 6.07) is 6.35. The van der Waals surface area contributed by atoms with E-state index in [0.717, 1.165) is 36.4 Å². The number of hydrogen-bond donors (Lipinski definition) is 1. The molecule has 0 bridgehead atoms. The number of amides is 1. The number of carbonyl (C=O) groups is 2. The molecule has 0 aliphatic heterocycles. The number of nitrogens with one attached hydrogen (secondary N) is 1. The summed E-state index contributed by atoms with van der Waals surface area (Å²) in [5, 5.41) is 1.95. The zero-order chi connectivity index (χ0) is 20.7. The van der Waals surface area contributed by atoms with Gasteiger partial charge >= 0.3 is 12.6 Å². The second-order valence-electron chi connectivity index (χ2n) is 5.19. The van der Waals surface area contributed by atoms with Crippen LogP contribution in [0, 0.1) is 11.6 Å². The van der Waals surface area contributed by atoms with E-state index in [1.807, 2.05) is 5.32 Å². The van der Waals surface area contributed by atoms with Crippen LogP contribution in [0.25, 0.3) is 0 Å². The summed E-state index contributed by atoms with van der Waals surface area (Å²) in [6.07, 6.45) is 0. The number of halogens is 4. The van der Waals surface area contributed by atoms with Crippen LogP contribution in [0.5, 0.6) is 11.5 Å². The Morgan fingerprint density at radius 1 is 1.07 bits per heavy atom. The summed E-state index contributed by atoms with van der Waals surface area (Å²) in [6.45, 7) is -2.19. The molecule has 1 N–H and O–H groups in total. The zero-order valence-electron chi connectivity index (χ0n) is 14.5. The van der Waals surface area contributed by atoms with Gasteiger partial charge in [0.1, 0.15) is 17.3 Å². The Hall–Kier alpha value is -3.30. The summed E-state index contributed by atoms with van der Waals surface area (Å²) >= 11 is 0. The highest BCUT2D eigenvalue weighted by atomic mass is 19.3. The number of benzene rings is 2. The monoisotopic (exact) mass is 401 g/mol. The lowest BCUT2D eigenvalue weighted by Crippen LogP contribution is -2.22. The number of anilines is 1. The highest BCUT2D eigenvalue weighted by Gasteiger charge is 2.17. The van der Waals surface area contributed by atoms with Crippen LogP contribution in [0.3, 0.4) is 0 Å². The van der Waals surface area contributed by atoms with Crippen LogP contribution in [-0.4, -0.2) is 31.7 Å². The summed E-state index contributed by atoms with van der Waals surface area (Å²) in [5.74, 6) is -4.32. The summed E-state index contributed by atoms with van der Waals surface area (Å²) < 4.78 is 65.9. The van der Waals surface area contributed by atoms with Gasteiger partial charge in [0.2, 0.25) is 0 Å². The molecule has 0 atom stereocenters. The SMILES string of the molecule is CCOc1cc(C(=O)OCC(=O)Nc2c(F)cccc2F)ccc1OC(F)F. The fourth-order valence-corrected chi connectivity index (χ4v) is 2.10. The molecule has 0 aliphatic carbocycles. The van der Waals surface area contributed by atoms with Crippen LogP contribution in [0.15, 0.2) is 36.4 Å². The maximum atomic E-state index is 13.5. The van der Waals surface area contributed by atoms with Crippen molar-refractivity contribution in [1.82, 2.24) is 0 Å². The van der Waals surface area contributed by atoms with Crippen molar-refractivity contribution in [3.05, 3.63) is 53.6 Å². The van der Waals surface area contributed by atoms with Crippen molar-refractivity contribution in [3.8, 4) is 11.5 Å². The van der Waals surface area contributed by atoms with Crippen LogP contribution in [-0.2, 0) is 9.53 Å². The van der Waals surface area contributed by atoms with Crippen molar-refractivity contribution in [2.24, 2.45) is 0 Å². The lowest BCUT2D eigenvalue weighted by atomic mass is 10.2. The van der Waals surface area contributed by atoms with E-state index in [1.165, 1.54) is 0 Å². The third kappa shape index (κ3) is 5.60. The van der Waals surface area contributed by atoms with Crippen molar-refractivity contribution < 1.29 is 41.4 Å². The number of ether oxygens (including phenoxy) is 3. The molecule has 6 nitrogen and oxygen atoms in total. The number of rotatable bonds is 8. The van der Waals surface area contributed by atoms with Crippen molar-refractivity contribution in [2.75, 3.05) is 18.5 Å². The average molecular weight is 401 g/mol. The molecule has 0 heterocycles. The summed E-state index contributed by atoms with van der Waals surface area (Å²) in [4.78, 5) is 23.8. The zero-order valence-corrected chi connectivity index (χ0v) is 14.5. The van der Waals surface area contributed by atoms with E-state index in [0.29, 0.717) is 0 Å². The first-order valence-corrected chi connectivity index (χ1v) is 7.94. The number of carbonyl (C=O) groups excluding carboxylic acids is 2. The maximum absolute atomic E-state index is 13.5. The number of hydrogen-bond acceptors (Lipinski definition) is 5. The van der Waals surface area contributed by atoms with Gasteiger partial charge in [0.25, 0.3) is 5.91 Å². The Kier molecular flexibility index (Phi) is 7.19. The van der Waals surface area contributed by atoms with Crippen LogP contribution < -0.4 is 14.8 Å². The van der Waals surface area contributed by atoms with Gasteiger partial charge in [-0.1, -0.05) is 6.07 Å². The van der Waals surface area contributed by atoms with Gasteiger partial charge < -0.3 is 19.5 Å². The van der Waals surface area contributed by atoms with E-state index in [1.54, 1.807) is 6.92 Å². The molecule has 0 radical (unpaired) electrons.